The van der Waals surface area contributed by atoms with Gasteiger partial charge in [0.25, 0.3) is 5.91 Å². The van der Waals surface area contributed by atoms with Gasteiger partial charge in [-0.15, -0.1) is 11.3 Å². The topological polar surface area (TPSA) is 92.4 Å². The second kappa shape index (κ2) is 4.85. The van der Waals surface area contributed by atoms with Crippen LogP contribution in [0.5, 0.6) is 0 Å². The molecule has 19 heavy (non-hydrogen) atoms. The van der Waals surface area contributed by atoms with Crippen molar-refractivity contribution in [2.75, 3.05) is 5.32 Å². The molecular formula is C12H12N2O4S. The molecule has 0 saturated carbocycles. The third-order valence-corrected chi connectivity index (χ3v) is 3.75. The maximum atomic E-state index is 12.1. The Balaban J connectivity index is 2.35. The van der Waals surface area contributed by atoms with Gasteiger partial charge in [-0.05, 0) is 31.7 Å². The van der Waals surface area contributed by atoms with Gasteiger partial charge in [0, 0.05) is 0 Å². The molecule has 0 aromatic carbocycles. The van der Waals surface area contributed by atoms with Crippen LogP contribution in [-0.4, -0.2) is 22.1 Å². The molecule has 0 atom stereocenters. The van der Waals surface area contributed by atoms with Gasteiger partial charge >= 0.3 is 5.97 Å². The smallest absolute Gasteiger partial charge is 0.348 e. The van der Waals surface area contributed by atoms with Crippen molar-refractivity contribution in [3.05, 3.63) is 32.8 Å². The Labute approximate surface area is 113 Å². The molecule has 100 valence electrons. The normalized spacial score (nSPS) is 10.5. The zero-order chi connectivity index (χ0) is 14.2. The number of carboxylic acids is 1. The van der Waals surface area contributed by atoms with Crippen molar-refractivity contribution in [3.8, 4) is 0 Å². The SMILES string of the molecule is Cc1csc(C(=O)O)c1NC(=O)c1c(C)noc1C. The van der Waals surface area contributed by atoms with Gasteiger partial charge in [0.15, 0.2) is 0 Å². The van der Waals surface area contributed by atoms with Crippen molar-refractivity contribution in [3.63, 3.8) is 0 Å². The molecule has 0 aliphatic heterocycles. The molecule has 0 spiro atoms. The third kappa shape index (κ3) is 2.37. The van der Waals surface area contributed by atoms with Crippen LogP contribution in [0.3, 0.4) is 0 Å². The summed E-state index contributed by atoms with van der Waals surface area (Å²) in [6.45, 7) is 5.03. The first-order valence-electron chi connectivity index (χ1n) is 5.47. The lowest BCUT2D eigenvalue weighted by atomic mass is 10.2. The Hall–Kier alpha value is -2.15. The Bertz CT molecular complexity index is 637. The predicted octanol–water partition coefficient (Wildman–Crippen LogP) is 2.61. The first-order chi connectivity index (χ1) is 8.91. The van der Waals surface area contributed by atoms with Crippen LogP contribution in [0.1, 0.15) is 37.0 Å². The van der Waals surface area contributed by atoms with Crippen LogP contribution in [0.15, 0.2) is 9.90 Å². The van der Waals surface area contributed by atoms with Crippen LogP contribution in [0.25, 0.3) is 0 Å². The highest BCUT2D eigenvalue weighted by atomic mass is 32.1. The molecule has 2 aromatic rings. The van der Waals surface area contributed by atoms with Crippen LogP contribution < -0.4 is 5.32 Å². The van der Waals surface area contributed by atoms with Crippen LogP contribution in [-0.2, 0) is 0 Å². The molecule has 0 radical (unpaired) electrons. The molecule has 7 heteroatoms. The molecule has 1 amide bonds. The number of rotatable bonds is 3. The molecule has 6 nitrogen and oxygen atoms in total. The monoisotopic (exact) mass is 280 g/mol. The zero-order valence-corrected chi connectivity index (χ0v) is 11.4. The van der Waals surface area contributed by atoms with E-state index in [1.165, 1.54) is 0 Å². The summed E-state index contributed by atoms with van der Waals surface area (Å²) in [6, 6.07) is 0. The van der Waals surface area contributed by atoms with Crippen molar-refractivity contribution in [1.82, 2.24) is 5.16 Å². The Kier molecular flexibility index (Phi) is 3.39. The van der Waals surface area contributed by atoms with Crippen LogP contribution >= 0.6 is 11.3 Å². The molecule has 0 saturated heterocycles. The predicted molar refractivity (Wildman–Crippen MR) is 69.9 cm³/mol. The number of aryl methyl sites for hydroxylation is 3. The lowest BCUT2D eigenvalue weighted by Gasteiger charge is -2.05. The average Bonchev–Trinajstić information content (AvgIpc) is 2.84. The van der Waals surface area contributed by atoms with Gasteiger partial charge < -0.3 is 14.9 Å². The number of carbonyl (C=O) groups is 2. The zero-order valence-electron chi connectivity index (χ0n) is 10.6. The van der Waals surface area contributed by atoms with E-state index in [0.29, 0.717) is 28.3 Å². The highest BCUT2D eigenvalue weighted by Crippen LogP contribution is 2.28. The summed E-state index contributed by atoms with van der Waals surface area (Å²) in [5, 5.41) is 17.1. The minimum Gasteiger partial charge on any atom is -0.477 e. The number of nitrogens with zero attached hydrogens (tertiary/aromatic N) is 1. The number of thiophene rings is 1. The quantitative estimate of drug-likeness (QED) is 0.901. The van der Waals surface area contributed by atoms with Crippen molar-refractivity contribution in [2.24, 2.45) is 0 Å². The summed E-state index contributed by atoms with van der Waals surface area (Å²) in [4.78, 5) is 23.3. The molecule has 0 aliphatic rings. The van der Waals surface area contributed by atoms with Gasteiger partial charge in [0.1, 0.15) is 16.2 Å². The highest BCUT2D eigenvalue weighted by molar-refractivity contribution is 7.12. The number of hydrogen-bond donors (Lipinski definition) is 2. The van der Waals surface area contributed by atoms with E-state index >= 15 is 0 Å². The standard InChI is InChI=1S/C12H12N2O4S/c1-5-4-19-10(12(16)17)9(5)13-11(15)8-6(2)14-18-7(8)3/h4H,1-3H3,(H,13,15)(H,16,17). The van der Waals surface area contributed by atoms with Crippen LogP contribution in [0.2, 0.25) is 0 Å². The number of hydrogen-bond acceptors (Lipinski definition) is 5. The van der Waals surface area contributed by atoms with Gasteiger partial charge in [-0.3, -0.25) is 4.79 Å². The summed E-state index contributed by atoms with van der Waals surface area (Å²) in [7, 11) is 0. The Morgan fingerprint density at radius 2 is 2.05 bits per heavy atom. The lowest BCUT2D eigenvalue weighted by Crippen LogP contribution is -2.15. The maximum absolute atomic E-state index is 12.1. The van der Waals surface area contributed by atoms with Crippen molar-refractivity contribution in [1.29, 1.82) is 0 Å². The molecule has 0 unspecified atom stereocenters. The molecule has 2 aromatic heterocycles. The van der Waals surface area contributed by atoms with Gasteiger partial charge in [-0.1, -0.05) is 5.16 Å². The van der Waals surface area contributed by atoms with Gasteiger partial charge in [0.2, 0.25) is 0 Å². The number of aromatic nitrogens is 1. The van der Waals surface area contributed by atoms with Gasteiger partial charge in [-0.25, -0.2) is 4.79 Å². The largest absolute Gasteiger partial charge is 0.477 e. The molecule has 2 heterocycles. The Morgan fingerprint density at radius 1 is 1.37 bits per heavy atom. The number of aromatic carboxylic acids is 1. The van der Waals surface area contributed by atoms with E-state index in [1.54, 1.807) is 26.2 Å². The summed E-state index contributed by atoms with van der Waals surface area (Å²) < 4.78 is 4.92. The minimum absolute atomic E-state index is 0.109. The van der Waals surface area contributed by atoms with Crippen molar-refractivity contribution in [2.45, 2.75) is 20.8 Å². The highest BCUT2D eigenvalue weighted by Gasteiger charge is 2.22. The molecule has 0 fully saturated rings. The average molecular weight is 280 g/mol. The van der Waals surface area contributed by atoms with Crippen molar-refractivity contribution >= 4 is 28.9 Å². The van der Waals surface area contributed by atoms with E-state index in [4.69, 9.17) is 9.63 Å². The second-order valence-electron chi connectivity index (χ2n) is 4.08. The minimum atomic E-state index is -1.06. The summed E-state index contributed by atoms with van der Waals surface area (Å²) in [5.41, 5.74) is 1.84. The van der Waals surface area contributed by atoms with E-state index in [-0.39, 0.29) is 4.88 Å². The fraction of sp³-hybridized carbons (Fsp3) is 0.250. The van der Waals surface area contributed by atoms with E-state index in [9.17, 15) is 9.59 Å². The number of amides is 1. The van der Waals surface area contributed by atoms with Crippen LogP contribution in [0, 0.1) is 20.8 Å². The molecule has 2 N–H and O–H groups in total. The second-order valence-corrected chi connectivity index (χ2v) is 4.96. The number of anilines is 1. The lowest BCUT2D eigenvalue weighted by molar-refractivity contribution is 0.0703. The number of nitrogens with one attached hydrogen (secondary N) is 1. The molecular weight excluding hydrogens is 268 g/mol. The van der Waals surface area contributed by atoms with E-state index in [0.717, 1.165) is 11.3 Å². The van der Waals surface area contributed by atoms with E-state index in [1.807, 2.05) is 0 Å². The summed E-state index contributed by atoms with van der Waals surface area (Å²) in [5.74, 6) is -1.08. The molecule has 0 aliphatic carbocycles. The third-order valence-electron chi connectivity index (χ3n) is 2.67. The number of carboxylic acid groups (broad SMARTS) is 1. The van der Waals surface area contributed by atoms with Crippen molar-refractivity contribution < 1.29 is 19.2 Å². The van der Waals surface area contributed by atoms with Gasteiger partial charge in [-0.2, -0.15) is 0 Å². The Morgan fingerprint density at radius 3 is 2.58 bits per heavy atom. The van der Waals surface area contributed by atoms with E-state index < -0.39 is 11.9 Å². The first kappa shape index (κ1) is 13.3. The van der Waals surface area contributed by atoms with Gasteiger partial charge in [0.05, 0.1) is 11.4 Å². The fourth-order valence-electron chi connectivity index (χ4n) is 1.74. The van der Waals surface area contributed by atoms with Crippen LogP contribution in [0.4, 0.5) is 5.69 Å². The first-order valence-corrected chi connectivity index (χ1v) is 6.35. The van der Waals surface area contributed by atoms with E-state index in [2.05, 4.69) is 10.5 Å². The molecule has 0 bridgehead atoms. The maximum Gasteiger partial charge on any atom is 0.348 e. The fourth-order valence-corrected chi connectivity index (χ4v) is 2.58. The summed E-state index contributed by atoms with van der Waals surface area (Å²) in [6.07, 6.45) is 0. The molecule has 2 rings (SSSR count). The number of carbonyl (C=O) groups excluding carboxylic acids is 1. The summed E-state index contributed by atoms with van der Waals surface area (Å²) >= 11 is 1.08.